The van der Waals surface area contributed by atoms with E-state index < -0.39 is 30.3 Å². The Bertz CT molecular complexity index is 787. The molecule has 2 rings (SSSR count). The van der Waals surface area contributed by atoms with Crippen molar-refractivity contribution in [1.29, 1.82) is 0 Å². The second kappa shape index (κ2) is 8.63. The van der Waals surface area contributed by atoms with E-state index in [4.69, 9.17) is 22.1 Å². The van der Waals surface area contributed by atoms with Gasteiger partial charge in [0.1, 0.15) is 22.7 Å². The van der Waals surface area contributed by atoms with Crippen LogP contribution in [0.5, 0.6) is 5.75 Å². The minimum Gasteiger partial charge on any atom is -0.490 e. The van der Waals surface area contributed by atoms with Crippen molar-refractivity contribution in [3.8, 4) is 5.75 Å². The summed E-state index contributed by atoms with van der Waals surface area (Å²) in [5.74, 6) is -2.73. The van der Waals surface area contributed by atoms with Crippen molar-refractivity contribution in [2.24, 2.45) is 0 Å². The van der Waals surface area contributed by atoms with Crippen LogP contribution in [0, 0.1) is 0 Å². The van der Waals surface area contributed by atoms with E-state index in [1.165, 1.54) is 0 Å². The van der Waals surface area contributed by atoms with Gasteiger partial charge >= 0.3 is 11.9 Å². The van der Waals surface area contributed by atoms with Gasteiger partial charge in [-0.3, -0.25) is 14.5 Å². The van der Waals surface area contributed by atoms with Crippen LogP contribution in [-0.4, -0.2) is 49.9 Å². The molecule has 0 bridgehead atoms. The first kappa shape index (κ1) is 19.7. The Kier molecular flexibility index (Phi) is 6.53. The largest absolute Gasteiger partial charge is 0.490 e. The average molecular weight is 393 g/mol. The molecule has 1 heterocycles. The number of hydrogen-bond acceptors (Lipinski definition) is 6. The van der Waals surface area contributed by atoms with Gasteiger partial charge in [-0.1, -0.05) is 48.8 Å². The molecule has 9 heteroatoms. The normalized spacial score (nSPS) is 16.6. The summed E-state index contributed by atoms with van der Waals surface area (Å²) in [6.07, 6.45) is 2.45. The first-order valence-corrected chi connectivity index (χ1v) is 8.61. The van der Waals surface area contributed by atoms with E-state index in [9.17, 15) is 19.5 Å². The van der Waals surface area contributed by atoms with Crippen LogP contribution in [0.3, 0.4) is 0 Å². The van der Waals surface area contributed by atoms with Crippen molar-refractivity contribution < 1.29 is 29.3 Å². The van der Waals surface area contributed by atoms with Crippen molar-refractivity contribution in [3.63, 3.8) is 0 Å². The molecule has 1 aliphatic rings. The van der Waals surface area contributed by atoms with E-state index in [0.717, 1.165) is 16.7 Å². The number of carboxylic acid groups (broad SMARTS) is 2. The number of carboxylic acids is 2. The first-order chi connectivity index (χ1) is 12.3. The molecule has 26 heavy (non-hydrogen) atoms. The maximum atomic E-state index is 12.5. The van der Waals surface area contributed by atoms with Crippen molar-refractivity contribution in [3.05, 3.63) is 47.4 Å². The molecule has 0 aliphatic carbocycles. The van der Waals surface area contributed by atoms with E-state index in [0.29, 0.717) is 17.9 Å². The molecule has 1 aromatic rings. The first-order valence-electron chi connectivity index (χ1n) is 7.39. The number of thiocarbonyl (C=S) groups is 1. The average Bonchev–Trinajstić information content (AvgIpc) is 2.85. The third kappa shape index (κ3) is 4.70. The highest BCUT2D eigenvalue weighted by molar-refractivity contribution is 8.26. The number of amides is 1. The predicted octanol–water partition coefficient (Wildman–Crippen LogP) is 2.38. The summed E-state index contributed by atoms with van der Waals surface area (Å²) in [5, 5.41) is 18.1. The summed E-state index contributed by atoms with van der Waals surface area (Å²) in [7, 11) is 0. The number of thioether (sulfide) groups is 1. The van der Waals surface area contributed by atoms with Crippen molar-refractivity contribution in [2.75, 3.05) is 6.61 Å². The lowest BCUT2D eigenvalue weighted by Gasteiger charge is -2.21. The van der Waals surface area contributed by atoms with Crippen molar-refractivity contribution in [1.82, 2.24) is 4.90 Å². The topological polar surface area (TPSA) is 104 Å². The van der Waals surface area contributed by atoms with Crippen molar-refractivity contribution >= 4 is 52.2 Å². The van der Waals surface area contributed by atoms with Crippen LogP contribution in [0.1, 0.15) is 12.0 Å². The van der Waals surface area contributed by atoms with E-state index >= 15 is 0 Å². The zero-order chi connectivity index (χ0) is 19.3. The molecule has 1 amide bonds. The lowest BCUT2D eigenvalue weighted by atomic mass is 10.1. The Morgan fingerprint density at radius 2 is 1.96 bits per heavy atom. The second-order valence-corrected chi connectivity index (χ2v) is 6.85. The fourth-order valence-corrected chi connectivity index (χ4v) is 3.53. The molecule has 7 nitrogen and oxygen atoms in total. The van der Waals surface area contributed by atoms with Crippen LogP contribution in [-0.2, 0) is 14.4 Å². The number of ether oxygens (including phenoxy) is 1. The third-order valence-corrected chi connectivity index (χ3v) is 4.66. The summed E-state index contributed by atoms with van der Waals surface area (Å²) in [6, 6.07) is 5.37. The number of carbonyl (C=O) groups is 3. The van der Waals surface area contributed by atoms with Gasteiger partial charge in [0.05, 0.1) is 11.3 Å². The SMILES string of the molecule is C=CCOc1ccc(C=C2SC(=S)N(C(CC(=O)O)C(=O)O)C2=O)cc1. The molecule has 0 spiro atoms. The van der Waals surface area contributed by atoms with Crippen LogP contribution in [0.25, 0.3) is 6.08 Å². The van der Waals surface area contributed by atoms with Crippen LogP contribution in [0.4, 0.5) is 0 Å². The molecule has 0 aromatic heterocycles. The maximum absolute atomic E-state index is 12.5. The Hall–Kier alpha value is -2.65. The molecule has 136 valence electrons. The molecule has 0 saturated carbocycles. The number of benzene rings is 1. The highest BCUT2D eigenvalue weighted by Crippen LogP contribution is 2.34. The lowest BCUT2D eigenvalue weighted by molar-refractivity contribution is -0.150. The number of rotatable bonds is 8. The highest BCUT2D eigenvalue weighted by Gasteiger charge is 2.41. The maximum Gasteiger partial charge on any atom is 0.327 e. The summed E-state index contributed by atoms with van der Waals surface area (Å²) < 4.78 is 5.38. The van der Waals surface area contributed by atoms with Crippen LogP contribution < -0.4 is 4.74 Å². The van der Waals surface area contributed by atoms with Gasteiger partial charge in [-0.05, 0) is 23.8 Å². The highest BCUT2D eigenvalue weighted by atomic mass is 32.2. The molecule has 1 aromatic carbocycles. The van der Waals surface area contributed by atoms with Gasteiger partial charge in [0.15, 0.2) is 0 Å². The summed E-state index contributed by atoms with van der Waals surface area (Å²) in [5.41, 5.74) is 0.696. The quantitative estimate of drug-likeness (QED) is 0.394. The standard InChI is InChI=1S/C17H15NO6S2/c1-2-7-24-11-5-3-10(4-6-11)8-13-15(21)18(17(25)26-13)12(16(22)23)9-14(19)20/h2-6,8,12H,1,7,9H2,(H,19,20)(H,22,23). The van der Waals surface area contributed by atoms with Gasteiger partial charge in [-0.2, -0.15) is 0 Å². The van der Waals surface area contributed by atoms with Gasteiger partial charge < -0.3 is 14.9 Å². The van der Waals surface area contributed by atoms with E-state index in [1.54, 1.807) is 36.4 Å². The van der Waals surface area contributed by atoms with E-state index in [2.05, 4.69) is 6.58 Å². The second-order valence-electron chi connectivity index (χ2n) is 5.17. The lowest BCUT2D eigenvalue weighted by Crippen LogP contribution is -2.45. The minimum absolute atomic E-state index is 0.0147. The Morgan fingerprint density at radius 3 is 2.50 bits per heavy atom. The fourth-order valence-electron chi connectivity index (χ4n) is 2.17. The molecule has 1 saturated heterocycles. The monoisotopic (exact) mass is 393 g/mol. The molecule has 0 radical (unpaired) electrons. The number of hydrogen-bond donors (Lipinski definition) is 2. The Balaban J connectivity index is 2.21. The zero-order valence-electron chi connectivity index (χ0n) is 13.5. The van der Waals surface area contributed by atoms with E-state index in [1.807, 2.05) is 0 Å². The summed E-state index contributed by atoms with van der Waals surface area (Å²) >= 11 is 6.01. The third-order valence-electron chi connectivity index (χ3n) is 3.33. The van der Waals surface area contributed by atoms with Gasteiger partial charge in [0, 0.05) is 0 Å². The summed E-state index contributed by atoms with van der Waals surface area (Å²) in [6.45, 7) is 3.93. The zero-order valence-corrected chi connectivity index (χ0v) is 15.1. The fraction of sp³-hybridized carbons (Fsp3) is 0.176. The van der Waals surface area contributed by atoms with Crippen LogP contribution in [0.15, 0.2) is 41.8 Å². The van der Waals surface area contributed by atoms with Gasteiger partial charge in [0.2, 0.25) is 0 Å². The minimum atomic E-state index is -1.54. The Labute approximate surface area is 158 Å². The smallest absolute Gasteiger partial charge is 0.327 e. The molecule has 2 N–H and O–H groups in total. The molecular weight excluding hydrogens is 378 g/mol. The molecule has 1 fully saturated rings. The van der Waals surface area contributed by atoms with Gasteiger partial charge in [-0.25, -0.2) is 4.79 Å². The van der Waals surface area contributed by atoms with Gasteiger partial charge in [0.25, 0.3) is 5.91 Å². The molecular formula is C17H15NO6S2. The molecule has 1 aliphatic heterocycles. The number of nitrogens with zero attached hydrogens (tertiary/aromatic N) is 1. The van der Waals surface area contributed by atoms with Crippen LogP contribution in [0.2, 0.25) is 0 Å². The number of aliphatic carboxylic acids is 2. The van der Waals surface area contributed by atoms with E-state index in [-0.39, 0.29) is 9.23 Å². The number of carbonyl (C=O) groups excluding carboxylic acids is 1. The van der Waals surface area contributed by atoms with Gasteiger partial charge in [-0.15, -0.1) is 0 Å². The summed E-state index contributed by atoms with van der Waals surface area (Å²) in [4.78, 5) is 35.8. The van der Waals surface area contributed by atoms with Crippen LogP contribution >= 0.6 is 24.0 Å². The van der Waals surface area contributed by atoms with Crippen molar-refractivity contribution in [2.45, 2.75) is 12.5 Å². The predicted molar refractivity (Wildman–Crippen MR) is 101 cm³/mol. The Morgan fingerprint density at radius 1 is 1.31 bits per heavy atom. The molecule has 1 atom stereocenters. The molecule has 1 unspecified atom stereocenters.